The minimum atomic E-state index is -0.147. The first-order valence-corrected chi connectivity index (χ1v) is 16.5. The molecule has 0 heterocycles. The standard InChI is InChI=1S/C46H34/c1-45(2)38-18-12-11-17-30(38)34-25-41-35(26-40(34)45)37-24-36-33(28-15-9-6-10-16-28)23-32(27-13-7-5-8-14-27)31-21-19-29-20-22-39(46(41,3)4)44(37)42(29)43(31)36/h5-26H,1-4H3. The van der Waals surface area contributed by atoms with E-state index in [-0.39, 0.29) is 10.8 Å². The first-order valence-electron chi connectivity index (χ1n) is 16.5. The van der Waals surface area contributed by atoms with Crippen LogP contribution in [0, 0.1) is 0 Å². The van der Waals surface area contributed by atoms with E-state index in [4.69, 9.17) is 0 Å². The molecule has 0 N–H and O–H groups in total. The van der Waals surface area contributed by atoms with Gasteiger partial charge in [0.1, 0.15) is 0 Å². The zero-order chi connectivity index (χ0) is 30.9. The lowest BCUT2D eigenvalue weighted by atomic mass is 9.66. The molecule has 0 unspecified atom stereocenters. The Hall–Kier alpha value is -5.20. The van der Waals surface area contributed by atoms with Crippen LogP contribution in [0.4, 0.5) is 0 Å². The van der Waals surface area contributed by atoms with Crippen LogP contribution >= 0.6 is 0 Å². The lowest BCUT2D eigenvalue weighted by molar-refractivity contribution is 0.639. The van der Waals surface area contributed by atoms with Crippen molar-refractivity contribution in [1.29, 1.82) is 0 Å². The third-order valence-electron chi connectivity index (χ3n) is 11.4. The molecule has 8 aromatic rings. The van der Waals surface area contributed by atoms with Crippen molar-refractivity contribution >= 4 is 32.3 Å². The van der Waals surface area contributed by atoms with Gasteiger partial charge >= 0.3 is 0 Å². The fourth-order valence-electron chi connectivity index (χ4n) is 9.08. The maximum Gasteiger partial charge on any atom is 0.0159 e. The van der Waals surface area contributed by atoms with E-state index in [1.165, 1.54) is 99.1 Å². The molecule has 2 aliphatic carbocycles. The fraction of sp³-hybridized carbons (Fsp3) is 0.130. The van der Waals surface area contributed by atoms with Crippen LogP contribution in [-0.2, 0) is 10.8 Å². The summed E-state index contributed by atoms with van der Waals surface area (Å²) in [6, 6.07) is 50.5. The summed E-state index contributed by atoms with van der Waals surface area (Å²) in [7, 11) is 0. The maximum absolute atomic E-state index is 2.56. The lowest BCUT2D eigenvalue weighted by Crippen LogP contribution is -2.25. The first kappa shape index (κ1) is 26.1. The van der Waals surface area contributed by atoms with Crippen LogP contribution in [0.2, 0.25) is 0 Å². The highest BCUT2D eigenvalue weighted by Gasteiger charge is 2.41. The Kier molecular flexibility index (Phi) is 4.95. The average Bonchev–Trinajstić information content (AvgIpc) is 3.32. The van der Waals surface area contributed by atoms with Crippen molar-refractivity contribution in [3.63, 3.8) is 0 Å². The van der Waals surface area contributed by atoms with Gasteiger partial charge in [-0.1, -0.05) is 137 Å². The summed E-state index contributed by atoms with van der Waals surface area (Å²) in [5, 5.41) is 8.18. The van der Waals surface area contributed by atoms with E-state index < -0.39 is 0 Å². The molecule has 218 valence electrons. The molecule has 0 spiro atoms. The molecule has 0 saturated carbocycles. The van der Waals surface area contributed by atoms with E-state index in [9.17, 15) is 0 Å². The van der Waals surface area contributed by atoms with Gasteiger partial charge in [-0.25, -0.2) is 0 Å². The van der Waals surface area contributed by atoms with Gasteiger partial charge in [0.15, 0.2) is 0 Å². The Morgan fingerprint density at radius 2 is 0.891 bits per heavy atom. The average molecular weight is 587 g/mol. The molecule has 0 radical (unpaired) electrons. The van der Waals surface area contributed by atoms with E-state index in [1.807, 2.05) is 0 Å². The molecular formula is C46H34. The van der Waals surface area contributed by atoms with Gasteiger partial charge < -0.3 is 0 Å². The highest BCUT2D eigenvalue weighted by atomic mass is 14.4. The smallest absolute Gasteiger partial charge is 0.0159 e. The van der Waals surface area contributed by atoms with Crippen LogP contribution in [0.1, 0.15) is 49.9 Å². The van der Waals surface area contributed by atoms with Crippen molar-refractivity contribution in [3.8, 4) is 44.5 Å². The van der Waals surface area contributed by atoms with E-state index in [0.29, 0.717) is 0 Å². The number of hydrogen-bond acceptors (Lipinski definition) is 0. The van der Waals surface area contributed by atoms with Crippen LogP contribution in [0.25, 0.3) is 76.8 Å². The zero-order valence-corrected chi connectivity index (χ0v) is 26.7. The predicted molar refractivity (Wildman–Crippen MR) is 196 cm³/mol. The Morgan fingerprint density at radius 3 is 1.59 bits per heavy atom. The SMILES string of the molecule is CC1(C)c2ccccc2-c2cc3c(cc21)-c1cc2c(-c4ccccc4)cc(-c4ccccc4)c4ccc5ccc(c1c5c42)C3(C)C. The molecular weight excluding hydrogens is 553 g/mol. The van der Waals surface area contributed by atoms with Gasteiger partial charge in [0.2, 0.25) is 0 Å². The number of rotatable bonds is 2. The topological polar surface area (TPSA) is 0 Å². The van der Waals surface area contributed by atoms with Crippen LogP contribution in [0.5, 0.6) is 0 Å². The molecule has 46 heavy (non-hydrogen) atoms. The van der Waals surface area contributed by atoms with Crippen molar-refractivity contribution < 1.29 is 0 Å². The minimum Gasteiger partial charge on any atom is -0.0622 e. The minimum absolute atomic E-state index is 0.0513. The highest BCUT2D eigenvalue weighted by molar-refractivity contribution is 6.32. The van der Waals surface area contributed by atoms with Crippen molar-refractivity contribution in [3.05, 3.63) is 156 Å². The summed E-state index contributed by atoms with van der Waals surface area (Å²) in [6.45, 7) is 9.66. The maximum atomic E-state index is 2.56. The first-order chi connectivity index (χ1) is 22.3. The molecule has 8 aromatic carbocycles. The summed E-state index contributed by atoms with van der Waals surface area (Å²) in [6.07, 6.45) is 0. The van der Waals surface area contributed by atoms with Crippen molar-refractivity contribution in [2.75, 3.05) is 0 Å². The molecule has 0 fully saturated rings. The van der Waals surface area contributed by atoms with Gasteiger partial charge in [-0.2, -0.15) is 0 Å². The zero-order valence-electron chi connectivity index (χ0n) is 26.7. The largest absolute Gasteiger partial charge is 0.0622 e. The number of hydrogen-bond donors (Lipinski definition) is 0. The fourth-order valence-corrected chi connectivity index (χ4v) is 9.08. The molecule has 2 aliphatic rings. The van der Waals surface area contributed by atoms with E-state index in [1.54, 1.807) is 0 Å². The molecule has 0 saturated heterocycles. The van der Waals surface area contributed by atoms with Crippen molar-refractivity contribution in [2.45, 2.75) is 38.5 Å². The van der Waals surface area contributed by atoms with Gasteiger partial charge in [-0.05, 0) is 123 Å². The van der Waals surface area contributed by atoms with E-state index in [0.717, 1.165) is 0 Å². The Balaban J connectivity index is 1.40. The highest BCUT2D eigenvalue weighted by Crippen LogP contribution is 2.58. The van der Waals surface area contributed by atoms with Crippen LogP contribution in [0.3, 0.4) is 0 Å². The van der Waals surface area contributed by atoms with Gasteiger partial charge in [-0.3, -0.25) is 0 Å². The van der Waals surface area contributed by atoms with Crippen LogP contribution < -0.4 is 0 Å². The third-order valence-corrected chi connectivity index (χ3v) is 11.4. The number of benzene rings is 8. The molecule has 0 aliphatic heterocycles. The summed E-state index contributed by atoms with van der Waals surface area (Å²) < 4.78 is 0. The molecule has 0 bridgehead atoms. The third kappa shape index (κ3) is 3.19. The number of fused-ring (bicyclic) bond motifs is 5. The quantitative estimate of drug-likeness (QED) is 0.177. The predicted octanol–water partition coefficient (Wildman–Crippen LogP) is 12.5. The summed E-state index contributed by atoms with van der Waals surface area (Å²) in [5.41, 5.74) is 16.2. The second-order valence-electron chi connectivity index (χ2n) is 14.5. The normalized spacial score (nSPS) is 15.3. The second kappa shape index (κ2) is 8.74. The van der Waals surface area contributed by atoms with Gasteiger partial charge in [-0.15, -0.1) is 0 Å². The molecule has 10 rings (SSSR count). The Bertz CT molecular complexity index is 2550. The molecule has 0 heteroatoms. The lowest BCUT2D eigenvalue weighted by Gasteiger charge is -2.37. The Morgan fingerprint density at radius 1 is 0.326 bits per heavy atom. The Labute approximate surface area is 270 Å². The molecule has 0 aromatic heterocycles. The van der Waals surface area contributed by atoms with Gasteiger partial charge in [0.05, 0.1) is 0 Å². The van der Waals surface area contributed by atoms with E-state index >= 15 is 0 Å². The summed E-state index contributed by atoms with van der Waals surface area (Å²) in [5.74, 6) is 0. The summed E-state index contributed by atoms with van der Waals surface area (Å²) in [4.78, 5) is 0. The van der Waals surface area contributed by atoms with Crippen molar-refractivity contribution in [2.24, 2.45) is 0 Å². The van der Waals surface area contributed by atoms with Gasteiger partial charge in [0.25, 0.3) is 0 Å². The summed E-state index contributed by atoms with van der Waals surface area (Å²) >= 11 is 0. The molecule has 0 amide bonds. The monoisotopic (exact) mass is 586 g/mol. The second-order valence-corrected chi connectivity index (χ2v) is 14.5. The molecule has 0 nitrogen and oxygen atoms in total. The van der Waals surface area contributed by atoms with Crippen LogP contribution in [0.15, 0.2) is 133 Å². The molecule has 0 atom stereocenters. The van der Waals surface area contributed by atoms with E-state index in [2.05, 4.69) is 161 Å². The van der Waals surface area contributed by atoms with Crippen LogP contribution in [-0.4, -0.2) is 0 Å². The van der Waals surface area contributed by atoms with Crippen molar-refractivity contribution in [1.82, 2.24) is 0 Å². The van der Waals surface area contributed by atoms with Gasteiger partial charge in [0, 0.05) is 10.8 Å².